The second kappa shape index (κ2) is 15.6. The molecule has 0 fully saturated rings. The van der Waals surface area contributed by atoms with Crippen LogP contribution in [0, 0.1) is 12.8 Å². The molecule has 2 rings (SSSR count). The number of amidine groups is 1. The molecule has 0 spiro atoms. The van der Waals surface area contributed by atoms with Gasteiger partial charge in [0, 0.05) is 23.6 Å². The van der Waals surface area contributed by atoms with E-state index in [0.717, 1.165) is 11.1 Å². The van der Waals surface area contributed by atoms with E-state index in [0.29, 0.717) is 10.8 Å². The Bertz CT molecular complexity index is 1390. The van der Waals surface area contributed by atoms with Gasteiger partial charge >= 0.3 is 5.97 Å². The van der Waals surface area contributed by atoms with Gasteiger partial charge in [0.05, 0.1) is 22.9 Å². The Morgan fingerprint density at radius 2 is 1.90 bits per heavy atom. The van der Waals surface area contributed by atoms with E-state index in [2.05, 4.69) is 11.0 Å². The molecule has 216 valence electrons. The zero-order chi connectivity index (χ0) is 29.9. The summed E-state index contributed by atoms with van der Waals surface area (Å²) < 4.78 is 41.3. The van der Waals surface area contributed by atoms with Gasteiger partial charge in [-0.2, -0.15) is 0 Å². The fourth-order valence-electron chi connectivity index (χ4n) is 3.74. The van der Waals surface area contributed by atoms with Crippen molar-refractivity contribution in [3.63, 3.8) is 0 Å². The van der Waals surface area contributed by atoms with E-state index in [1.165, 1.54) is 18.2 Å². The summed E-state index contributed by atoms with van der Waals surface area (Å²) >= 11 is 12.2. The second-order valence-corrected chi connectivity index (χ2v) is 11.6. The third-order valence-electron chi connectivity index (χ3n) is 5.87. The predicted octanol–water partition coefficient (Wildman–Crippen LogP) is 7.00. The minimum atomic E-state index is -3.79. The molecule has 0 aliphatic rings. The minimum Gasteiger partial charge on any atom is -0.489 e. The fourth-order valence-corrected chi connectivity index (χ4v) is 5.33. The van der Waals surface area contributed by atoms with Crippen LogP contribution in [0.4, 0.5) is 0 Å². The van der Waals surface area contributed by atoms with Crippen molar-refractivity contribution in [3.05, 3.63) is 94.0 Å². The van der Waals surface area contributed by atoms with Crippen molar-refractivity contribution in [3.8, 4) is 5.75 Å². The number of benzene rings is 2. The molecular weight excluding hydrogens is 571 g/mol. The number of aryl methyl sites for hydroxylation is 1. The molecule has 10 heteroatoms. The maximum atomic E-state index is 13.1. The largest absolute Gasteiger partial charge is 0.489 e. The second-order valence-electron chi connectivity index (χ2n) is 9.12. The first-order valence-corrected chi connectivity index (χ1v) is 15.1. The third-order valence-corrected chi connectivity index (χ3v) is 7.50. The third kappa shape index (κ3) is 9.84. The maximum absolute atomic E-state index is 13.1. The van der Waals surface area contributed by atoms with Gasteiger partial charge in [-0.1, -0.05) is 72.6 Å². The normalized spacial score (nSPS) is 13.8. The lowest BCUT2D eigenvalue weighted by molar-refractivity contribution is 0.0128. The number of hydrogen-bond acceptors (Lipinski definition) is 5. The zero-order valence-corrected chi connectivity index (χ0v) is 25.8. The van der Waals surface area contributed by atoms with Crippen LogP contribution in [0.5, 0.6) is 5.75 Å². The molecule has 0 saturated heterocycles. The van der Waals surface area contributed by atoms with Gasteiger partial charge in [0.25, 0.3) is 10.0 Å². The lowest BCUT2D eigenvalue weighted by Gasteiger charge is -2.29. The first-order valence-electron chi connectivity index (χ1n) is 12.7. The van der Waals surface area contributed by atoms with Crippen LogP contribution in [-0.2, 0) is 14.8 Å². The SMILES string of the molecule is C=CC(C)/C(=N/S(=O)(=O)C/C=C\C)N(C)CC(COc1cccc(C)c1/C=C\C)OC(=O)c1ccc(Cl)cc1Cl. The van der Waals surface area contributed by atoms with Crippen LogP contribution in [-0.4, -0.2) is 57.2 Å². The molecule has 0 aliphatic heterocycles. The molecule has 2 aromatic rings. The number of carbonyl (C=O) groups is 1. The van der Waals surface area contributed by atoms with Gasteiger partial charge in [0.1, 0.15) is 18.2 Å². The highest BCUT2D eigenvalue weighted by molar-refractivity contribution is 7.90. The number of esters is 1. The lowest BCUT2D eigenvalue weighted by Crippen LogP contribution is -2.42. The molecular formula is C30H36Cl2N2O5S. The van der Waals surface area contributed by atoms with Crippen LogP contribution >= 0.6 is 23.2 Å². The number of hydrogen-bond donors (Lipinski definition) is 0. The van der Waals surface area contributed by atoms with E-state index in [1.54, 1.807) is 44.0 Å². The Kier molecular flexibility index (Phi) is 13.0. The van der Waals surface area contributed by atoms with Crippen molar-refractivity contribution in [1.29, 1.82) is 0 Å². The van der Waals surface area contributed by atoms with Gasteiger partial charge in [-0.25, -0.2) is 13.2 Å². The first-order chi connectivity index (χ1) is 18.9. The molecule has 0 heterocycles. The van der Waals surface area contributed by atoms with Gasteiger partial charge in [-0.15, -0.1) is 11.0 Å². The molecule has 2 atom stereocenters. The predicted molar refractivity (Wildman–Crippen MR) is 165 cm³/mol. The van der Waals surface area contributed by atoms with Gasteiger partial charge < -0.3 is 14.4 Å². The van der Waals surface area contributed by atoms with Crippen molar-refractivity contribution < 1.29 is 22.7 Å². The molecule has 2 aromatic carbocycles. The molecule has 7 nitrogen and oxygen atoms in total. The van der Waals surface area contributed by atoms with Crippen LogP contribution in [0.15, 0.2) is 71.7 Å². The summed E-state index contributed by atoms with van der Waals surface area (Å²) in [7, 11) is -2.11. The monoisotopic (exact) mass is 606 g/mol. The average Bonchev–Trinajstić information content (AvgIpc) is 2.90. The van der Waals surface area contributed by atoms with Crippen LogP contribution in [0.3, 0.4) is 0 Å². The van der Waals surface area contributed by atoms with Gasteiger partial charge in [0.2, 0.25) is 0 Å². The van der Waals surface area contributed by atoms with Gasteiger partial charge in [-0.3, -0.25) is 0 Å². The Labute approximate surface area is 247 Å². The van der Waals surface area contributed by atoms with Gasteiger partial charge in [-0.05, 0) is 50.6 Å². The summed E-state index contributed by atoms with van der Waals surface area (Å²) in [6.45, 7) is 11.3. The van der Waals surface area contributed by atoms with E-state index in [-0.39, 0.29) is 35.3 Å². The average molecular weight is 608 g/mol. The number of carbonyl (C=O) groups excluding carboxylic acids is 1. The number of sulfonamides is 1. The van der Waals surface area contributed by atoms with E-state index in [4.69, 9.17) is 32.7 Å². The maximum Gasteiger partial charge on any atom is 0.340 e. The highest BCUT2D eigenvalue weighted by Gasteiger charge is 2.25. The first kappa shape index (κ1) is 33.1. The van der Waals surface area contributed by atoms with E-state index in [9.17, 15) is 13.2 Å². The van der Waals surface area contributed by atoms with Crippen LogP contribution < -0.4 is 4.74 Å². The van der Waals surface area contributed by atoms with Gasteiger partial charge in [0.15, 0.2) is 6.10 Å². The van der Waals surface area contributed by atoms with Crippen molar-refractivity contribution in [2.24, 2.45) is 10.3 Å². The zero-order valence-electron chi connectivity index (χ0n) is 23.4. The molecule has 0 N–H and O–H groups in total. The van der Waals surface area contributed by atoms with E-state index < -0.39 is 28.0 Å². The van der Waals surface area contributed by atoms with Crippen LogP contribution in [0.1, 0.15) is 42.3 Å². The molecule has 0 aliphatic carbocycles. The van der Waals surface area contributed by atoms with E-state index >= 15 is 0 Å². The summed E-state index contributed by atoms with van der Waals surface area (Å²) in [6, 6.07) is 10.2. The fraction of sp³-hybridized carbons (Fsp3) is 0.333. The summed E-state index contributed by atoms with van der Waals surface area (Å²) in [6.07, 6.45) is 7.79. The highest BCUT2D eigenvalue weighted by atomic mass is 35.5. The minimum absolute atomic E-state index is 0.0175. The Morgan fingerprint density at radius 1 is 1.18 bits per heavy atom. The Hall–Kier alpha value is -3.07. The molecule has 2 unspecified atom stereocenters. The Morgan fingerprint density at radius 3 is 2.52 bits per heavy atom. The summed E-state index contributed by atoms with van der Waals surface area (Å²) in [4.78, 5) is 14.8. The molecule has 0 aromatic heterocycles. The number of likely N-dealkylation sites (N-methyl/N-ethyl adjacent to an activating group) is 1. The standard InChI is InChI=1S/C30H36Cl2N2O5S/c1-7-10-17-40(36,37)33-29(21(4)9-3)34(6)19-24(39-30(35)26-16-15-23(31)18-27(26)32)20-38-28-14-11-13-22(5)25(28)12-8-2/h7-16,18,21,24H,3,17,19-20H2,1-2,4-6H3/b10-7-,12-8-,33-29-. The topological polar surface area (TPSA) is 85.3 Å². The summed E-state index contributed by atoms with van der Waals surface area (Å²) in [5.74, 6) is -0.421. The van der Waals surface area contributed by atoms with Crippen molar-refractivity contribution in [2.75, 3.05) is 26.0 Å². The smallest absolute Gasteiger partial charge is 0.340 e. The number of halogens is 2. The quantitative estimate of drug-likeness (QED) is 0.106. The molecule has 0 bridgehead atoms. The number of nitrogens with zero attached hydrogens (tertiary/aromatic N) is 2. The molecule has 0 radical (unpaired) electrons. The Balaban J connectivity index is 2.42. The lowest BCUT2D eigenvalue weighted by atomic mass is 10.1. The highest BCUT2D eigenvalue weighted by Crippen LogP contribution is 2.25. The van der Waals surface area contributed by atoms with Crippen LogP contribution in [0.25, 0.3) is 6.08 Å². The summed E-state index contributed by atoms with van der Waals surface area (Å²) in [5, 5.41) is 0.535. The molecule has 0 saturated carbocycles. The molecule has 40 heavy (non-hydrogen) atoms. The van der Waals surface area contributed by atoms with Crippen molar-refractivity contribution >= 4 is 51.1 Å². The van der Waals surface area contributed by atoms with Crippen molar-refractivity contribution in [2.45, 2.75) is 33.8 Å². The molecule has 0 amide bonds. The van der Waals surface area contributed by atoms with Crippen molar-refractivity contribution in [1.82, 2.24) is 4.90 Å². The number of allylic oxidation sites excluding steroid dienone is 2. The number of rotatable bonds is 13. The van der Waals surface area contributed by atoms with E-state index in [1.807, 2.05) is 44.2 Å². The number of ether oxygens (including phenoxy) is 2. The summed E-state index contributed by atoms with van der Waals surface area (Å²) in [5.41, 5.74) is 2.07. The van der Waals surface area contributed by atoms with Crippen LogP contribution in [0.2, 0.25) is 10.0 Å².